The van der Waals surface area contributed by atoms with Crippen molar-refractivity contribution in [1.82, 2.24) is 15.0 Å². The number of aryl methyl sites for hydroxylation is 1. The molecule has 0 fully saturated rings. The molecule has 1 N–H and O–H groups in total. The number of carbonyl (C=O) groups is 1. The fourth-order valence-corrected chi connectivity index (χ4v) is 3.15. The molecule has 1 unspecified atom stereocenters. The Hall–Kier alpha value is -2.21. The van der Waals surface area contributed by atoms with Gasteiger partial charge >= 0.3 is 5.97 Å². The maximum absolute atomic E-state index is 11.4. The van der Waals surface area contributed by atoms with Gasteiger partial charge in [0.2, 0.25) is 0 Å². The summed E-state index contributed by atoms with van der Waals surface area (Å²) in [6.07, 6.45) is 0. The predicted octanol–water partition coefficient (Wildman–Crippen LogP) is 3.11. The molecule has 1 aromatic carbocycles. The monoisotopic (exact) mass is 287 g/mol. The van der Waals surface area contributed by atoms with Gasteiger partial charge in [0.15, 0.2) is 0 Å². The van der Waals surface area contributed by atoms with Crippen molar-refractivity contribution >= 4 is 28.3 Å². The fraction of sp³-hybridized carbons (Fsp3) is 0.214. The van der Waals surface area contributed by atoms with E-state index in [0.717, 1.165) is 4.88 Å². The lowest BCUT2D eigenvalue weighted by atomic mass is 10.1. The third-order valence-corrected chi connectivity index (χ3v) is 4.43. The number of carboxylic acids is 1. The highest BCUT2D eigenvalue weighted by Crippen LogP contribution is 2.28. The zero-order valence-corrected chi connectivity index (χ0v) is 11.9. The maximum atomic E-state index is 11.4. The summed E-state index contributed by atoms with van der Waals surface area (Å²) in [6.45, 7) is 4.04. The van der Waals surface area contributed by atoms with Gasteiger partial charge in [-0.05, 0) is 38.1 Å². The molecule has 0 amide bonds. The molecule has 0 saturated heterocycles. The lowest BCUT2D eigenvalue weighted by Crippen LogP contribution is -2.10. The molecule has 0 aliphatic heterocycles. The zero-order valence-electron chi connectivity index (χ0n) is 11.1. The van der Waals surface area contributed by atoms with Crippen LogP contribution in [0.5, 0.6) is 0 Å². The average molecular weight is 287 g/mol. The molecule has 0 radical (unpaired) electrons. The Labute approximate surface area is 119 Å². The van der Waals surface area contributed by atoms with Crippen molar-refractivity contribution in [3.05, 3.63) is 45.6 Å². The SMILES string of the molecule is Cc1ccc(C(C)n2nnc3cccc(C(=O)O)c32)s1. The van der Waals surface area contributed by atoms with Crippen LogP contribution in [0.3, 0.4) is 0 Å². The average Bonchev–Trinajstić information content (AvgIpc) is 3.03. The number of aromatic carboxylic acids is 1. The normalized spacial score (nSPS) is 12.7. The number of para-hydroxylation sites is 1. The van der Waals surface area contributed by atoms with Crippen molar-refractivity contribution in [1.29, 1.82) is 0 Å². The van der Waals surface area contributed by atoms with Crippen LogP contribution in [-0.2, 0) is 0 Å². The molecule has 0 aliphatic carbocycles. The van der Waals surface area contributed by atoms with Crippen LogP contribution in [-0.4, -0.2) is 26.1 Å². The fourth-order valence-electron chi connectivity index (χ4n) is 2.24. The molecule has 1 atom stereocenters. The predicted molar refractivity (Wildman–Crippen MR) is 77.4 cm³/mol. The lowest BCUT2D eigenvalue weighted by Gasteiger charge is -2.11. The molecule has 0 aliphatic rings. The largest absolute Gasteiger partial charge is 0.478 e. The van der Waals surface area contributed by atoms with Gasteiger partial charge in [0.25, 0.3) is 0 Å². The Kier molecular flexibility index (Phi) is 3.02. The molecule has 3 aromatic rings. The third-order valence-electron chi connectivity index (χ3n) is 3.26. The summed E-state index contributed by atoms with van der Waals surface area (Å²) in [5.74, 6) is -0.964. The molecule has 3 rings (SSSR count). The summed E-state index contributed by atoms with van der Waals surface area (Å²) >= 11 is 1.68. The number of nitrogens with zero attached hydrogens (tertiary/aromatic N) is 3. The summed E-state index contributed by atoms with van der Waals surface area (Å²) in [5.41, 5.74) is 1.40. The van der Waals surface area contributed by atoms with E-state index in [4.69, 9.17) is 0 Å². The van der Waals surface area contributed by atoms with Crippen molar-refractivity contribution in [2.75, 3.05) is 0 Å². The molecule has 20 heavy (non-hydrogen) atoms. The third kappa shape index (κ3) is 1.98. The topological polar surface area (TPSA) is 68.0 Å². The van der Waals surface area contributed by atoms with Crippen molar-refractivity contribution in [2.45, 2.75) is 19.9 Å². The molecule has 2 heterocycles. The Morgan fingerprint density at radius 2 is 2.15 bits per heavy atom. The van der Waals surface area contributed by atoms with Gasteiger partial charge in [0.05, 0.1) is 11.6 Å². The zero-order chi connectivity index (χ0) is 14.3. The number of benzene rings is 1. The summed E-state index contributed by atoms with van der Waals surface area (Å²) in [6, 6.07) is 9.09. The summed E-state index contributed by atoms with van der Waals surface area (Å²) < 4.78 is 1.68. The molecular formula is C14H13N3O2S. The number of rotatable bonds is 3. The van der Waals surface area contributed by atoms with Crippen molar-refractivity contribution in [2.24, 2.45) is 0 Å². The standard InChI is InChI=1S/C14H13N3O2S/c1-8-6-7-12(20-8)9(2)17-13-10(14(18)19)4-3-5-11(13)15-16-17/h3-7,9H,1-2H3,(H,18,19). The minimum atomic E-state index is -0.964. The second kappa shape index (κ2) is 4.72. The lowest BCUT2D eigenvalue weighted by molar-refractivity contribution is 0.0698. The Bertz CT molecular complexity index is 791. The minimum absolute atomic E-state index is 0.0424. The van der Waals surface area contributed by atoms with E-state index in [9.17, 15) is 9.90 Å². The Balaban J connectivity index is 2.19. The van der Waals surface area contributed by atoms with Crippen LogP contribution in [0.1, 0.15) is 33.1 Å². The highest BCUT2D eigenvalue weighted by Gasteiger charge is 2.19. The van der Waals surface area contributed by atoms with Gasteiger partial charge < -0.3 is 5.11 Å². The molecular weight excluding hydrogens is 274 g/mol. The number of fused-ring (bicyclic) bond motifs is 1. The van der Waals surface area contributed by atoms with Crippen molar-refractivity contribution < 1.29 is 9.90 Å². The van der Waals surface area contributed by atoms with Gasteiger partial charge in [-0.2, -0.15) is 0 Å². The second-order valence-corrected chi connectivity index (χ2v) is 5.96. The molecule has 0 saturated carbocycles. The van der Waals surface area contributed by atoms with Crippen LogP contribution in [0.25, 0.3) is 11.0 Å². The van der Waals surface area contributed by atoms with E-state index >= 15 is 0 Å². The Morgan fingerprint density at radius 3 is 2.80 bits per heavy atom. The van der Waals surface area contributed by atoms with E-state index in [0.29, 0.717) is 11.0 Å². The molecule has 0 bridgehead atoms. The minimum Gasteiger partial charge on any atom is -0.478 e. The molecule has 0 spiro atoms. The van der Waals surface area contributed by atoms with Gasteiger partial charge in [-0.25, -0.2) is 9.48 Å². The number of carboxylic acid groups (broad SMARTS) is 1. The number of aromatic nitrogens is 3. The van der Waals surface area contributed by atoms with Crippen molar-refractivity contribution in [3.8, 4) is 0 Å². The summed E-state index contributed by atoms with van der Waals surface area (Å²) in [5, 5.41) is 17.5. The van der Waals surface area contributed by atoms with E-state index in [1.165, 1.54) is 4.88 Å². The first-order valence-corrected chi connectivity index (χ1v) is 7.03. The first-order chi connectivity index (χ1) is 9.58. The summed E-state index contributed by atoms with van der Waals surface area (Å²) in [4.78, 5) is 13.7. The maximum Gasteiger partial charge on any atom is 0.337 e. The van der Waals surface area contributed by atoms with Gasteiger partial charge in [0, 0.05) is 9.75 Å². The van der Waals surface area contributed by atoms with Crippen molar-refractivity contribution in [3.63, 3.8) is 0 Å². The molecule has 102 valence electrons. The highest BCUT2D eigenvalue weighted by molar-refractivity contribution is 7.12. The molecule has 6 heteroatoms. The highest BCUT2D eigenvalue weighted by atomic mass is 32.1. The second-order valence-electron chi connectivity index (χ2n) is 4.64. The van der Waals surface area contributed by atoms with E-state index in [1.54, 1.807) is 34.2 Å². The first kappa shape index (κ1) is 12.8. The van der Waals surface area contributed by atoms with Crippen LogP contribution in [0.4, 0.5) is 0 Å². The smallest absolute Gasteiger partial charge is 0.337 e. The molecule has 2 aromatic heterocycles. The number of thiophene rings is 1. The van der Waals surface area contributed by atoms with E-state index in [1.807, 2.05) is 26.0 Å². The van der Waals surface area contributed by atoms with Gasteiger partial charge in [0.1, 0.15) is 11.0 Å². The van der Waals surface area contributed by atoms with Crippen LogP contribution in [0.2, 0.25) is 0 Å². The van der Waals surface area contributed by atoms with Crippen LogP contribution in [0.15, 0.2) is 30.3 Å². The van der Waals surface area contributed by atoms with Gasteiger partial charge in [-0.1, -0.05) is 11.3 Å². The molecule has 5 nitrogen and oxygen atoms in total. The van der Waals surface area contributed by atoms with Crippen LogP contribution < -0.4 is 0 Å². The summed E-state index contributed by atoms with van der Waals surface area (Å²) in [7, 11) is 0. The van der Waals surface area contributed by atoms with E-state index in [-0.39, 0.29) is 11.6 Å². The quantitative estimate of drug-likeness (QED) is 0.803. The van der Waals surface area contributed by atoms with E-state index < -0.39 is 5.97 Å². The van der Waals surface area contributed by atoms with E-state index in [2.05, 4.69) is 10.3 Å². The van der Waals surface area contributed by atoms with Gasteiger partial charge in [-0.3, -0.25) is 0 Å². The van der Waals surface area contributed by atoms with Gasteiger partial charge in [-0.15, -0.1) is 16.4 Å². The number of hydrogen-bond acceptors (Lipinski definition) is 4. The Morgan fingerprint density at radius 1 is 1.35 bits per heavy atom. The van der Waals surface area contributed by atoms with Crippen LogP contribution in [0, 0.1) is 6.92 Å². The number of hydrogen-bond donors (Lipinski definition) is 1. The van der Waals surface area contributed by atoms with Crippen LogP contribution >= 0.6 is 11.3 Å². The first-order valence-electron chi connectivity index (χ1n) is 6.21.